The molecule has 4 heteroatoms. The Balaban J connectivity index is 0.00000169. The van der Waals surface area contributed by atoms with E-state index >= 15 is 0 Å². The molecule has 0 spiro atoms. The molecule has 0 atom stereocenters. The van der Waals surface area contributed by atoms with Crippen LogP contribution in [0, 0.1) is 0 Å². The van der Waals surface area contributed by atoms with Gasteiger partial charge in [-0.1, -0.05) is 17.7 Å². The second-order valence-corrected chi connectivity index (χ2v) is 3.49. The van der Waals surface area contributed by atoms with Crippen molar-refractivity contribution >= 4 is 24.0 Å². The van der Waals surface area contributed by atoms with Gasteiger partial charge in [-0.3, -0.25) is 0 Å². The van der Waals surface area contributed by atoms with Crippen LogP contribution in [0.2, 0.25) is 5.02 Å². The van der Waals surface area contributed by atoms with Gasteiger partial charge in [0.25, 0.3) is 0 Å². The average molecular weight is 236 g/mol. The van der Waals surface area contributed by atoms with Crippen LogP contribution in [0.1, 0.15) is 19.4 Å². The highest BCUT2D eigenvalue weighted by Crippen LogP contribution is 2.26. The third-order valence-corrected chi connectivity index (χ3v) is 2.00. The van der Waals surface area contributed by atoms with Gasteiger partial charge in [0.1, 0.15) is 5.75 Å². The molecule has 1 aromatic rings. The molecule has 1 rings (SSSR count). The monoisotopic (exact) mass is 235 g/mol. The molecule has 1 aromatic carbocycles. The summed E-state index contributed by atoms with van der Waals surface area (Å²) in [6.45, 7) is 4.35. The van der Waals surface area contributed by atoms with E-state index in [1.807, 2.05) is 32.0 Å². The molecule has 0 amide bonds. The molecular weight excluding hydrogens is 221 g/mol. The Labute approximate surface area is 95.8 Å². The number of benzene rings is 1. The van der Waals surface area contributed by atoms with Gasteiger partial charge in [0, 0.05) is 17.1 Å². The lowest BCUT2D eigenvalue weighted by atomic mass is 10.2. The quantitative estimate of drug-likeness (QED) is 0.875. The Kier molecular flexibility index (Phi) is 5.93. The molecule has 0 aliphatic carbocycles. The fraction of sp³-hybridized carbons (Fsp3) is 0.400. The summed E-state index contributed by atoms with van der Waals surface area (Å²) in [5, 5.41) is 0.667. The lowest BCUT2D eigenvalue weighted by Crippen LogP contribution is -2.09. The normalized spacial score (nSPS) is 9.79. The van der Waals surface area contributed by atoms with Gasteiger partial charge in [0.2, 0.25) is 0 Å². The molecule has 80 valence electrons. The van der Waals surface area contributed by atoms with Crippen LogP contribution in [-0.4, -0.2) is 6.10 Å². The maximum atomic E-state index is 5.95. The Hall–Kier alpha value is -0.440. The summed E-state index contributed by atoms with van der Waals surface area (Å²) in [5.41, 5.74) is 6.44. The first-order chi connectivity index (χ1) is 6.15. The summed E-state index contributed by atoms with van der Waals surface area (Å²) in [6.07, 6.45) is 0.142. The summed E-state index contributed by atoms with van der Waals surface area (Å²) >= 11 is 5.95. The van der Waals surface area contributed by atoms with Gasteiger partial charge < -0.3 is 10.5 Å². The molecular formula is C10H15Cl2NO. The van der Waals surface area contributed by atoms with Crippen LogP contribution in [0.15, 0.2) is 18.2 Å². The first-order valence-electron chi connectivity index (χ1n) is 4.29. The van der Waals surface area contributed by atoms with Gasteiger partial charge >= 0.3 is 0 Å². The minimum atomic E-state index is 0. The van der Waals surface area contributed by atoms with Gasteiger partial charge in [-0.05, 0) is 26.0 Å². The Bertz CT molecular complexity index is 289. The van der Waals surface area contributed by atoms with Crippen molar-refractivity contribution in [2.24, 2.45) is 5.73 Å². The van der Waals surface area contributed by atoms with E-state index < -0.39 is 0 Å². The SMILES string of the molecule is CC(C)Oc1cccc(Cl)c1CN.Cl. The van der Waals surface area contributed by atoms with E-state index in [2.05, 4.69) is 0 Å². The third kappa shape index (κ3) is 3.37. The topological polar surface area (TPSA) is 35.2 Å². The summed E-state index contributed by atoms with van der Waals surface area (Å²) in [5.74, 6) is 0.782. The van der Waals surface area contributed by atoms with Crippen molar-refractivity contribution in [3.63, 3.8) is 0 Å². The molecule has 0 aliphatic heterocycles. The number of rotatable bonds is 3. The Morgan fingerprint density at radius 2 is 2.07 bits per heavy atom. The van der Waals surface area contributed by atoms with Gasteiger partial charge in [0.15, 0.2) is 0 Å². The van der Waals surface area contributed by atoms with E-state index in [0.717, 1.165) is 11.3 Å². The molecule has 2 nitrogen and oxygen atoms in total. The smallest absolute Gasteiger partial charge is 0.125 e. The van der Waals surface area contributed by atoms with Crippen molar-refractivity contribution in [3.8, 4) is 5.75 Å². The lowest BCUT2D eigenvalue weighted by Gasteiger charge is -2.13. The minimum absolute atomic E-state index is 0. The maximum absolute atomic E-state index is 5.95. The second-order valence-electron chi connectivity index (χ2n) is 3.09. The highest BCUT2D eigenvalue weighted by molar-refractivity contribution is 6.31. The number of nitrogens with two attached hydrogens (primary N) is 1. The predicted octanol–water partition coefficient (Wildman–Crippen LogP) is 3.01. The molecule has 14 heavy (non-hydrogen) atoms. The van der Waals surface area contributed by atoms with Crippen LogP contribution in [0.3, 0.4) is 0 Å². The summed E-state index contributed by atoms with van der Waals surface area (Å²) in [7, 11) is 0. The molecule has 0 bridgehead atoms. The predicted molar refractivity (Wildman–Crippen MR) is 62.4 cm³/mol. The van der Waals surface area contributed by atoms with Crippen LogP contribution in [0.5, 0.6) is 5.75 Å². The molecule has 0 radical (unpaired) electrons. The van der Waals surface area contributed by atoms with Gasteiger partial charge in [-0.2, -0.15) is 0 Å². The third-order valence-electron chi connectivity index (χ3n) is 1.64. The molecule has 0 saturated heterocycles. The highest BCUT2D eigenvalue weighted by atomic mass is 35.5. The Morgan fingerprint density at radius 1 is 1.43 bits per heavy atom. The first-order valence-corrected chi connectivity index (χ1v) is 4.67. The van der Waals surface area contributed by atoms with E-state index in [-0.39, 0.29) is 18.5 Å². The van der Waals surface area contributed by atoms with Crippen LogP contribution in [0.4, 0.5) is 0 Å². The van der Waals surface area contributed by atoms with E-state index in [1.54, 1.807) is 0 Å². The Morgan fingerprint density at radius 3 is 2.57 bits per heavy atom. The minimum Gasteiger partial charge on any atom is -0.491 e. The zero-order valence-corrected chi connectivity index (χ0v) is 9.86. The average Bonchev–Trinajstić information content (AvgIpc) is 2.03. The molecule has 0 aliphatic rings. The molecule has 0 saturated carbocycles. The van der Waals surface area contributed by atoms with Crippen LogP contribution >= 0.6 is 24.0 Å². The second kappa shape index (κ2) is 6.12. The first kappa shape index (κ1) is 13.6. The molecule has 0 aromatic heterocycles. The summed E-state index contributed by atoms with van der Waals surface area (Å²) < 4.78 is 5.55. The van der Waals surface area contributed by atoms with Crippen molar-refractivity contribution in [2.75, 3.05) is 0 Å². The number of halogens is 2. The van der Waals surface area contributed by atoms with Gasteiger partial charge in [0.05, 0.1) is 6.10 Å². The lowest BCUT2D eigenvalue weighted by molar-refractivity contribution is 0.240. The maximum Gasteiger partial charge on any atom is 0.125 e. The van der Waals surface area contributed by atoms with Crippen LogP contribution in [-0.2, 0) is 6.54 Å². The summed E-state index contributed by atoms with van der Waals surface area (Å²) in [4.78, 5) is 0. The van der Waals surface area contributed by atoms with E-state index in [0.29, 0.717) is 11.6 Å². The van der Waals surface area contributed by atoms with Gasteiger partial charge in [-0.25, -0.2) is 0 Å². The van der Waals surface area contributed by atoms with Crippen molar-refractivity contribution < 1.29 is 4.74 Å². The number of hydrogen-bond donors (Lipinski definition) is 1. The molecule has 0 fully saturated rings. The zero-order chi connectivity index (χ0) is 9.84. The van der Waals surface area contributed by atoms with Crippen molar-refractivity contribution in [2.45, 2.75) is 26.5 Å². The molecule has 0 heterocycles. The van der Waals surface area contributed by atoms with Crippen molar-refractivity contribution in [3.05, 3.63) is 28.8 Å². The fourth-order valence-corrected chi connectivity index (χ4v) is 1.34. The van der Waals surface area contributed by atoms with Crippen molar-refractivity contribution in [1.29, 1.82) is 0 Å². The number of ether oxygens (including phenoxy) is 1. The van der Waals surface area contributed by atoms with E-state index in [1.165, 1.54) is 0 Å². The van der Waals surface area contributed by atoms with Crippen molar-refractivity contribution in [1.82, 2.24) is 0 Å². The fourth-order valence-electron chi connectivity index (χ4n) is 1.10. The standard InChI is InChI=1S/C10H14ClNO.ClH/c1-7(2)13-10-5-3-4-9(11)8(10)6-12;/h3-5,7H,6,12H2,1-2H3;1H. The van der Waals surface area contributed by atoms with Crippen LogP contribution in [0.25, 0.3) is 0 Å². The zero-order valence-electron chi connectivity index (χ0n) is 8.29. The largest absolute Gasteiger partial charge is 0.491 e. The molecule has 0 unspecified atom stereocenters. The molecule has 2 N–H and O–H groups in total. The van der Waals surface area contributed by atoms with E-state index in [9.17, 15) is 0 Å². The summed E-state index contributed by atoms with van der Waals surface area (Å²) in [6, 6.07) is 5.56. The highest BCUT2D eigenvalue weighted by Gasteiger charge is 2.07. The van der Waals surface area contributed by atoms with Crippen LogP contribution < -0.4 is 10.5 Å². The van der Waals surface area contributed by atoms with E-state index in [4.69, 9.17) is 22.1 Å². The number of hydrogen-bond acceptors (Lipinski definition) is 2. The van der Waals surface area contributed by atoms with Gasteiger partial charge in [-0.15, -0.1) is 12.4 Å².